The number of nitrogens with zero attached hydrogens (tertiary/aromatic N) is 3. The molecule has 0 bridgehead atoms. The normalized spacial score (nSPS) is 16.4. The molecule has 0 unspecified atom stereocenters. The van der Waals surface area contributed by atoms with Crippen LogP contribution in [-0.2, 0) is 28.4 Å². The first-order valence-electron chi connectivity index (χ1n) is 8.49. The largest absolute Gasteiger partial charge is 0.350 e. The van der Waals surface area contributed by atoms with Crippen molar-refractivity contribution in [2.45, 2.75) is 24.3 Å². The zero-order valence-electron chi connectivity index (χ0n) is 14.7. The first kappa shape index (κ1) is 20.1. The van der Waals surface area contributed by atoms with Gasteiger partial charge in [0.25, 0.3) is 0 Å². The Bertz CT molecular complexity index is 901. The van der Waals surface area contributed by atoms with Gasteiger partial charge in [-0.3, -0.25) is 9.48 Å². The number of carbonyl (C=O) groups is 1. The van der Waals surface area contributed by atoms with Crippen LogP contribution in [0.2, 0.25) is 10.0 Å². The number of nitrogens with one attached hydrogen (secondary N) is 1. The standard InChI is InChI=1S/C17H20Cl2N4O3S/c1-22-16(15(19)10-21-22)11-20-17(24)12-6-8-23(9-7-12)27(25,26)14-4-2-13(18)3-5-14/h2-5,10,12H,6-9,11H2,1H3,(H,20,24). The molecule has 0 radical (unpaired) electrons. The van der Waals surface area contributed by atoms with Gasteiger partial charge in [0.2, 0.25) is 15.9 Å². The van der Waals surface area contributed by atoms with Crippen LogP contribution in [-0.4, -0.2) is 41.5 Å². The highest BCUT2D eigenvalue weighted by Crippen LogP contribution is 2.25. The molecule has 0 atom stereocenters. The van der Waals surface area contributed by atoms with Crippen molar-refractivity contribution in [1.82, 2.24) is 19.4 Å². The SMILES string of the molecule is Cn1ncc(Cl)c1CNC(=O)C1CCN(S(=O)(=O)c2ccc(Cl)cc2)CC1. The topological polar surface area (TPSA) is 84.3 Å². The predicted molar refractivity (Wildman–Crippen MR) is 103 cm³/mol. The van der Waals surface area contributed by atoms with Crippen LogP contribution >= 0.6 is 23.2 Å². The van der Waals surface area contributed by atoms with Crippen LogP contribution in [0, 0.1) is 5.92 Å². The van der Waals surface area contributed by atoms with Crippen LogP contribution in [0.3, 0.4) is 0 Å². The molecule has 0 aliphatic carbocycles. The van der Waals surface area contributed by atoms with Gasteiger partial charge in [0.05, 0.1) is 28.4 Å². The van der Waals surface area contributed by atoms with E-state index in [9.17, 15) is 13.2 Å². The van der Waals surface area contributed by atoms with Gasteiger partial charge in [-0.2, -0.15) is 9.40 Å². The summed E-state index contributed by atoms with van der Waals surface area (Å²) in [6, 6.07) is 6.10. The minimum absolute atomic E-state index is 0.101. The van der Waals surface area contributed by atoms with Crippen LogP contribution in [0.4, 0.5) is 0 Å². The Hall–Kier alpha value is -1.61. The summed E-state index contributed by atoms with van der Waals surface area (Å²) >= 11 is 11.9. The summed E-state index contributed by atoms with van der Waals surface area (Å²) < 4.78 is 28.4. The van der Waals surface area contributed by atoms with Crippen molar-refractivity contribution >= 4 is 39.1 Å². The minimum atomic E-state index is -3.57. The molecule has 2 heterocycles. The molecule has 10 heteroatoms. The third-order valence-electron chi connectivity index (χ3n) is 4.72. The number of rotatable bonds is 5. The molecule has 7 nitrogen and oxygen atoms in total. The second-order valence-corrected chi connectivity index (χ2v) is 9.19. The van der Waals surface area contributed by atoms with Gasteiger partial charge < -0.3 is 5.32 Å². The average molecular weight is 431 g/mol. The maximum Gasteiger partial charge on any atom is 0.243 e. The number of carbonyl (C=O) groups excluding carboxylic acids is 1. The summed E-state index contributed by atoms with van der Waals surface area (Å²) in [6.45, 7) is 0.891. The molecule has 1 amide bonds. The van der Waals surface area contributed by atoms with Crippen molar-refractivity contribution in [3.05, 3.63) is 46.2 Å². The van der Waals surface area contributed by atoms with Gasteiger partial charge in [-0.15, -0.1) is 0 Å². The van der Waals surface area contributed by atoms with Crippen molar-refractivity contribution < 1.29 is 13.2 Å². The Labute approximate surface area is 168 Å². The Kier molecular flexibility index (Phi) is 6.10. The lowest BCUT2D eigenvalue weighted by molar-refractivity contribution is -0.126. The molecule has 1 aliphatic heterocycles. The molecule has 27 heavy (non-hydrogen) atoms. The lowest BCUT2D eigenvalue weighted by Gasteiger charge is -2.30. The van der Waals surface area contributed by atoms with Crippen molar-refractivity contribution in [3.63, 3.8) is 0 Å². The second kappa shape index (κ2) is 8.18. The summed E-state index contributed by atoms with van der Waals surface area (Å²) in [5.74, 6) is -0.329. The Morgan fingerprint density at radius 2 is 1.85 bits per heavy atom. The van der Waals surface area contributed by atoms with Crippen molar-refractivity contribution in [2.75, 3.05) is 13.1 Å². The van der Waals surface area contributed by atoms with Gasteiger partial charge >= 0.3 is 0 Å². The molecule has 0 spiro atoms. The number of sulfonamides is 1. The van der Waals surface area contributed by atoms with E-state index < -0.39 is 10.0 Å². The Morgan fingerprint density at radius 3 is 2.41 bits per heavy atom. The number of aryl methyl sites for hydroxylation is 1. The van der Waals surface area contributed by atoms with Gasteiger partial charge in [-0.05, 0) is 37.1 Å². The lowest BCUT2D eigenvalue weighted by Crippen LogP contribution is -2.43. The number of amides is 1. The maximum absolute atomic E-state index is 12.7. The summed E-state index contributed by atoms with van der Waals surface area (Å²) in [5, 5.41) is 7.88. The van der Waals surface area contributed by atoms with E-state index in [0.29, 0.717) is 36.0 Å². The fourth-order valence-corrected chi connectivity index (χ4v) is 4.89. The highest BCUT2D eigenvalue weighted by atomic mass is 35.5. The molecule has 1 N–H and O–H groups in total. The van der Waals surface area contributed by atoms with E-state index in [1.54, 1.807) is 23.9 Å². The zero-order valence-corrected chi connectivity index (χ0v) is 17.1. The molecular weight excluding hydrogens is 411 g/mol. The van der Waals surface area contributed by atoms with Gasteiger partial charge in [-0.25, -0.2) is 8.42 Å². The maximum atomic E-state index is 12.7. The summed E-state index contributed by atoms with van der Waals surface area (Å²) in [5.41, 5.74) is 0.729. The van der Waals surface area contributed by atoms with Gasteiger partial charge in [0, 0.05) is 31.1 Å². The smallest absolute Gasteiger partial charge is 0.243 e. The van der Waals surface area contributed by atoms with E-state index in [0.717, 1.165) is 5.69 Å². The monoisotopic (exact) mass is 430 g/mol. The second-order valence-electron chi connectivity index (χ2n) is 6.41. The van der Waals surface area contributed by atoms with Crippen LogP contribution in [0.5, 0.6) is 0 Å². The third kappa shape index (κ3) is 4.45. The Morgan fingerprint density at radius 1 is 1.22 bits per heavy atom. The minimum Gasteiger partial charge on any atom is -0.350 e. The molecule has 1 saturated heterocycles. The first-order valence-corrected chi connectivity index (χ1v) is 10.7. The first-order chi connectivity index (χ1) is 12.8. The van der Waals surface area contributed by atoms with E-state index in [1.165, 1.54) is 22.6 Å². The molecular formula is C17H20Cl2N4O3S. The molecule has 1 aliphatic rings. The highest BCUT2D eigenvalue weighted by molar-refractivity contribution is 7.89. The van der Waals surface area contributed by atoms with Crippen LogP contribution in [0.25, 0.3) is 0 Å². The fraction of sp³-hybridized carbons (Fsp3) is 0.412. The van der Waals surface area contributed by atoms with Crippen molar-refractivity contribution in [3.8, 4) is 0 Å². The van der Waals surface area contributed by atoms with Crippen LogP contribution < -0.4 is 5.32 Å². The molecule has 0 saturated carbocycles. The summed E-state index contributed by atoms with van der Waals surface area (Å²) in [7, 11) is -1.82. The highest BCUT2D eigenvalue weighted by Gasteiger charge is 2.32. The molecule has 2 aromatic rings. The average Bonchev–Trinajstić information content (AvgIpc) is 2.98. The molecule has 146 valence electrons. The zero-order chi connectivity index (χ0) is 19.6. The van der Waals surface area contributed by atoms with Crippen LogP contribution in [0.15, 0.2) is 35.4 Å². The van der Waals surface area contributed by atoms with E-state index in [1.807, 2.05) is 0 Å². The lowest BCUT2D eigenvalue weighted by atomic mass is 9.97. The number of aromatic nitrogens is 2. The van der Waals surface area contributed by atoms with E-state index in [4.69, 9.17) is 23.2 Å². The van der Waals surface area contributed by atoms with E-state index in [2.05, 4.69) is 10.4 Å². The van der Waals surface area contributed by atoms with Gasteiger partial charge in [0.1, 0.15) is 0 Å². The van der Waals surface area contributed by atoms with E-state index in [-0.39, 0.29) is 23.3 Å². The van der Waals surface area contributed by atoms with Gasteiger partial charge in [0.15, 0.2) is 0 Å². The number of benzene rings is 1. The molecule has 1 fully saturated rings. The van der Waals surface area contributed by atoms with Crippen LogP contribution in [0.1, 0.15) is 18.5 Å². The molecule has 1 aromatic heterocycles. The van der Waals surface area contributed by atoms with E-state index >= 15 is 0 Å². The quantitative estimate of drug-likeness (QED) is 0.788. The molecule has 1 aromatic carbocycles. The number of piperidine rings is 1. The number of hydrogen-bond donors (Lipinski definition) is 1. The fourth-order valence-electron chi connectivity index (χ4n) is 3.06. The van der Waals surface area contributed by atoms with Gasteiger partial charge in [-0.1, -0.05) is 23.2 Å². The summed E-state index contributed by atoms with van der Waals surface area (Å²) in [4.78, 5) is 12.6. The number of hydrogen-bond acceptors (Lipinski definition) is 4. The Balaban J connectivity index is 1.56. The third-order valence-corrected chi connectivity index (χ3v) is 7.20. The molecule has 3 rings (SSSR count). The number of halogens is 2. The predicted octanol–water partition coefficient (Wildman–Crippen LogP) is 2.44. The van der Waals surface area contributed by atoms with Crippen molar-refractivity contribution in [2.24, 2.45) is 13.0 Å². The van der Waals surface area contributed by atoms with Crippen molar-refractivity contribution in [1.29, 1.82) is 0 Å². The summed E-state index contributed by atoms with van der Waals surface area (Å²) in [6.07, 6.45) is 2.47.